The average molecular weight is 289 g/mol. The minimum absolute atomic E-state index is 0.195. The summed E-state index contributed by atoms with van der Waals surface area (Å²) in [5, 5.41) is 1.02. The maximum atomic E-state index is 12.5. The molecule has 0 aliphatic carbocycles. The summed E-state index contributed by atoms with van der Waals surface area (Å²) in [6, 6.07) is 9.76. The molecule has 4 rings (SSSR count). The molecule has 0 radical (unpaired) electrons. The molecule has 0 unspecified atom stereocenters. The topological polar surface area (TPSA) is 73.6 Å². The molecule has 6 nitrogen and oxygen atoms in total. The normalized spacial score (nSPS) is 11.1. The number of para-hydroxylation sites is 1. The third kappa shape index (κ3) is 2.01. The second kappa shape index (κ2) is 5.00. The molecule has 0 N–H and O–H groups in total. The Balaban J connectivity index is 1.86. The highest BCUT2D eigenvalue weighted by Crippen LogP contribution is 2.16. The Hall–Kier alpha value is -3.15. The standard InChI is InChI=1S/C16H11N5O/c22-16-14-15(19-8-7-18-14)20-10-21(16)9-11-5-6-17-13-4-2-1-3-12(11)13/h1-8,10H,9H2. The molecule has 3 aromatic heterocycles. The Morgan fingerprint density at radius 2 is 1.77 bits per heavy atom. The number of aromatic nitrogens is 5. The van der Waals surface area contributed by atoms with Gasteiger partial charge >= 0.3 is 0 Å². The first-order valence-corrected chi connectivity index (χ1v) is 6.82. The highest BCUT2D eigenvalue weighted by molar-refractivity contribution is 5.81. The predicted molar refractivity (Wildman–Crippen MR) is 82.4 cm³/mol. The zero-order valence-electron chi connectivity index (χ0n) is 11.5. The van der Waals surface area contributed by atoms with Crippen molar-refractivity contribution in [1.29, 1.82) is 0 Å². The van der Waals surface area contributed by atoms with E-state index in [1.54, 1.807) is 10.8 Å². The van der Waals surface area contributed by atoms with Gasteiger partial charge in [-0.25, -0.2) is 15.0 Å². The molecule has 0 saturated heterocycles. The van der Waals surface area contributed by atoms with E-state index in [0.29, 0.717) is 12.2 Å². The van der Waals surface area contributed by atoms with E-state index in [2.05, 4.69) is 19.9 Å². The summed E-state index contributed by atoms with van der Waals surface area (Å²) >= 11 is 0. The van der Waals surface area contributed by atoms with E-state index in [1.807, 2.05) is 30.3 Å². The molecule has 0 aliphatic rings. The van der Waals surface area contributed by atoms with Gasteiger partial charge in [-0.05, 0) is 17.7 Å². The second-order valence-electron chi connectivity index (χ2n) is 4.89. The smallest absolute Gasteiger partial charge is 0.281 e. The fourth-order valence-corrected chi connectivity index (χ4v) is 2.48. The third-order valence-electron chi connectivity index (χ3n) is 3.54. The molecular weight excluding hydrogens is 278 g/mol. The molecule has 0 spiro atoms. The highest BCUT2D eigenvalue weighted by atomic mass is 16.1. The fraction of sp³-hybridized carbons (Fsp3) is 0.0625. The summed E-state index contributed by atoms with van der Waals surface area (Å²) in [6.07, 6.45) is 6.28. The van der Waals surface area contributed by atoms with Crippen molar-refractivity contribution in [1.82, 2.24) is 24.5 Å². The average Bonchev–Trinajstić information content (AvgIpc) is 2.58. The van der Waals surface area contributed by atoms with Gasteiger partial charge < -0.3 is 0 Å². The number of rotatable bonds is 2. The van der Waals surface area contributed by atoms with Crippen LogP contribution in [0.5, 0.6) is 0 Å². The molecule has 1 aromatic carbocycles. The van der Waals surface area contributed by atoms with Gasteiger partial charge in [0.15, 0.2) is 11.2 Å². The van der Waals surface area contributed by atoms with Crippen LogP contribution in [0.1, 0.15) is 5.56 Å². The van der Waals surface area contributed by atoms with Crippen LogP contribution in [0.4, 0.5) is 0 Å². The lowest BCUT2D eigenvalue weighted by atomic mass is 10.1. The van der Waals surface area contributed by atoms with E-state index < -0.39 is 0 Å². The summed E-state index contributed by atoms with van der Waals surface area (Å²) in [4.78, 5) is 29.1. The molecule has 0 bridgehead atoms. The summed E-state index contributed by atoms with van der Waals surface area (Å²) in [5.74, 6) is 0. The molecule has 106 valence electrons. The van der Waals surface area contributed by atoms with Crippen molar-refractivity contribution in [2.75, 3.05) is 0 Å². The van der Waals surface area contributed by atoms with Crippen LogP contribution in [0.25, 0.3) is 22.1 Å². The summed E-state index contributed by atoms with van der Waals surface area (Å²) in [6.45, 7) is 0.418. The first-order valence-electron chi connectivity index (χ1n) is 6.82. The number of benzene rings is 1. The van der Waals surface area contributed by atoms with Gasteiger partial charge in [0, 0.05) is 24.0 Å². The largest absolute Gasteiger partial charge is 0.293 e. The van der Waals surface area contributed by atoms with Gasteiger partial charge in [-0.1, -0.05) is 18.2 Å². The van der Waals surface area contributed by atoms with Gasteiger partial charge in [-0.2, -0.15) is 0 Å². The highest BCUT2D eigenvalue weighted by Gasteiger charge is 2.08. The van der Waals surface area contributed by atoms with Crippen LogP contribution >= 0.6 is 0 Å². The van der Waals surface area contributed by atoms with Gasteiger partial charge in [-0.3, -0.25) is 14.3 Å². The van der Waals surface area contributed by atoms with Crippen molar-refractivity contribution in [3.63, 3.8) is 0 Å². The first kappa shape index (κ1) is 12.6. The molecule has 0 amide bonds. The van der Waals surface area contributed by atoms with E-state index in [9.17, 15) is 4.79 Å². The molecule has 22 heavy (non-hydrogen) atoms. The Kier molecular flexibility index (Phi) is 2.86. The SMILES string of the molecule is O=c1c2nccnc2ncn1Cc1ccnc2ccccc12. The molecule has 4 aromatic rings. The monoisotopic (exact) mass is 289 g/mol. The lowest BCUT2D eigenvalue weighted by molar-refractivity contribution is 0.747. The molecule has 0 saturated carbocycles. The van der Waals surface area contributed by atoms with Gasteiger partial charge in [0.1, 0.15) is 6.33 Å². The lowest BCUT2D eigenvalue weighted by Crippen LogP contribution is -2.22. The maximum Gasteiger partial charge on any atom is 0.281 e. The van der Waals surface area contributed by atoms with Crippen LogP contribution in [0, 0.1) is 0 Å². The van der Waals surface area contributed by atoms with E-state index in [1.165, 1.54) is 18.7 Å². The van der Waals surface area contributed by atoms with Crippen molar-refractivity contribution < 1.29 is 0 Å². The van der Waals surface area contributed by atoms with Gasteiger partial charge in [-0.15, -0.1) is 0 Å². The number of hydrogen-bond donors (Lipinski definition) is 0. The zero-order chi connectivity index (χ0) is 14.9. The third-order valence-corrected chi connectivity index (χ3v) is 3.54. The van der Waals surface area contributed by atoms with Crippen LogP contribution < -0.4 is 5.56 Å². The fourth-order valence-electron chi connectivity index (χ4n) is 2.48. The van der Waals surface area contributed by atoms with E-state index in [-0.39, 0.29) is 11.1 Å². The lowest BCUT2D eigenvalue weighted by Gasteiger charge is -2.08. The van der Waals surface area contributed by atoms with E-state index in [4.69, 9.17) is 0 Å². The van der Waals surface area contributed by atoms with Crippen LogP contribution in [0.2, 0.25) is 0 Å². The van der Waals surface area contributed by atoms with Crippen molar-refractivity contribution >= 4 is 22.1 Å². The minimum atomic E-state index is -0.195. The van der Waals surface area contributed by atoms with Crippen molar-refractivity contribution in [2.45, 2.75) is 6.54 Å². The number of hydrogen-bond acceptors (Lipinski definition) is 5. The summed E-state index contributed by atoms with van der Waals surface area (Å²) < 4.78 is 1.54. The molecular formula is C16H11N5O. The quantitative estimate of drug-likeness (QED) is 0.562. The molecule has 3 heterocycles. The Morgan fingerprint density at radius 3 is 2.73 bits per heavy atom. The molecule has 0 aliphatic heterocycles. The van der Waals surface area contributed by atoms with Gasteiger partial charge in [0.2, 0.25) is 0 Å². The summed E-state index contributed by atoms with van der Waals surface area (Å²) in [7, 11) is 0. The predicted octanol–water partition coefficient (Wildman–Crippen LogP) is 1.78. The van der Waals surface area contributed by atoms with E-state index >= 15 is 0 Å². The van der Waals surface area contributed by atoms with Crippen LogP contribution in [0.3, 0.4) is 0 Å². The second-order valence-corrected chi connectivity index (χ2v) is 4.89. The number of pyridine rings is 1. The van der Waals surface area contributed by atoms with Crippen molar-refractivity contribution in [3.8, 4) is 0 Å². The Bertz CT molecular complexity index is 1040. The van der Waals surface area contributed by atoms with Gasteiger partial charge in [0.25, 0.3) is 5.56 Å². The van der Waals surface area contributed by atoms with Crippen LogP contribution in [-0.4, -0.2) is 24.5 Å². The zero-order valence-corrected chi connectivity index (χ0v) is 11.5. The van der Waals surface area contributed by atoms with Crippen LogP contribution in [-0.2, 0) is 6.54 Å². The number of fused-ring (bicyclic) bond motifs is 2. The Morgan fingerprint density at radius 1 is 0.909 bits per heavy atom. The number of nitrogens with zero attached hydrogens (tertiary/aromatic N) is 5. The Labute approximate surface area is 125 Å². The van der Waals surface area contributed by atoms with Crippen molar-refractivity contribution in [2.24, 2.45) is 0 Å². The van der Waals surface area contributed by atoms with Crippen molar-refractivity contribution in [3.05, 3.63) is 71.2 Å². The van der Waals surface area contributed by atoms with Gasteiger partial charge in [0.05, 0.1) is 12.1 Å². The molecule has 6 heteroatoms. The maximum absolute atomic E-state index is 12.5. The first-order chi connectivity index (χ1) is 10.8. The molecule has 0 fully saturated rings. The van der Waals surface area contributed by atoms with Crippen LogP contribution in [0.15, 0.2) is 60.0 Å². The minimum Gasteiger partial charge on any atom is -0.293 e. The van der Waals surface area contributed by atoms with E-state index in [0.717, 1.165) is 16.5 Å². The molecule has 0 atom stereocenters. The summed E-state index contributed by atoms with van der Waals surface area (Å²) in [5.41, 5.74) is 2.37.